The van der Waals surface area contributed by atoms with Gasteiger partial charge in [0.05, 0.1) is 11.3 Å². The number of hydrogen-bond donors (Lipinski definition) is 1. The van der Waals surface area contributed by atoms with Gasteiger partial charge in [-0.3, -0.25) is 9.69 Å². The number of nitrogens with one attached hydrogen (secondary N) is 1. The molecule has 3 heterocycles. The summed E-state index contributed by atoms with van der Waals surface area (Å²) in [5.74, 6) is 0.757. The van der Waals surface area contributed by atoms with Crippen molar-refractivity contribution in [2.75, 3.05) is 39.3 Å². The molecule has 2 fully saturated rings. The van der Waals surface area contributed by atoms with Crippen molar-refractivity contribution in [3.63, 3.8) is 0 Å². The molecule has 1 aliphatic carbocycles. The van der Waals surface area contributed by atoms with Gasteiger partial charge in [0, 0.05) is 24.6 Å². The summed E-state index contributed by atoms with van der Waals surface area (Å²) in [5.41, 5.74) is 0.749. The molecule has 6 nitrogen and oxygen atoms in total. The van der Waals surface area contributed by atoms with Gasteiger partial charge >= 0.3 is 6.18 Å². The van der Waals surface area contributed by atoms with E-state index in [-0.39, 0.29) is 23.3 Å². The number of oxazole rings is 1. The molecule has 3 aliphatic rings. The second-order valence-electron chi connectivity index (χ2n) is 10.4. The number of rotatable bonds is 8. The van der Waals surface area contributed by atoms with E-state index in [0.29, 0.717) is 36.4 Å². The molecule has 0 saturated carbocycles. The number of hydrogen-bond acceptors (Lipinski definition) is 5. The number of nitrogens with zero attached hydrogens (tertiary/aromatic N) is 3. The molecule has 4 rings (SSSR count). The standard InChI is InChI=1S/C27H39F3N4O2/c1-19-8-6-9-22(27(28,29)30)24(19)26-32-23(20(2)36-26)18-34-16-10-21(11-17-34)25(35)31-12-7-15-33-13-4-3-5-14-33/h9,21H,3-8,10-18H2,1-2H3,(H,31,35). The SMILES string of the molecule is CC1=C(c2nc(CN3CCC(C(=O)NCCCN4CCCCC4)CC3)c(C)o2)C(C(F)(F)F)=CCC1. The van der Waals surface area contributed by atoms with Crippen LogP contribution in [0.15, 0.2) is 21.6 Å². The van der Waals surface area contributed by atoms with E-state index in [4.69, 9.17) is 4.42 Å². The van der Waals surface area contributed by atoms with Gasteiger partial charge in [-0.25, -0.2) is 4.98 Å². The summed E-state index contributed by atoms with van der Waals surface area (Å²) in [7, 11) is 0. The van der Waals surface area contributed by atoms with Crippen molar-refractivity contribution in [3.05, 3.63) is 34.6 Å². The number of halogens is 3. The normalized spacial score (nSPS) is 21.1. The second-order valence-corrected chi connectivity index (χ2v) is 10.4. The molecule has 0 bridgehead atoms. The molecule has 1 amide bonds. The molecule has 0 radical (unpaired) electrons. The van der Waals surface area contributed by atoms with Crippen LogP contribution in [0.1, 0.15) is 75.6 Å². The highest BCUT2D eigenvalue weighted by atomic mass is 19.4. The average molecular weight is 509 g/mol. The minimum atomic E-state index is -4.43. The van der Waals surface area contributed by atoms with Gasteiger partial charge in [0.15, 0.2) is 0 Å². The van der Waals surface area contributed by atoms with Crippen molar-refractivity contribution in [2.24, 2.45) is 5.92 Å². The van der Waals surface area contributed by atoms with E-state index in [9.17, 15) is 18.0 Å². The summed E-state index contributed by atoms with van der Waals surface area (Å²) in [6.45, 7) is 9.62. The largest absolute Gasteiger partial charge is 0.441 e. The molecule has 200 valence electrons. The minimum absolute atomic E-state index is 0.0136. The van der Waals surface area contributed by atoms with Crippen LogP contribution in [0.2, 0.25) is 0 Å². The van der Waals surface area contributed by atoms with E-state index < -0.39 is 11.7 Å². The van der Waals surface area contributed by atoms with Crippen LogP contribution in [0, 0.1) is 12.8 Å². The maximum atomic E-state index is 13.6. The Morgan fingerprint density at radius 3 is 2.53 bits per heavy atom. The van der Waals surface area contributed by atoms with Gasteiger partial charge in [-0.15, -0.1) is 0 Å². The number of aromatic nitrogens is 1. The Bertz CT molecular complexity index is 968. The van der Waals surface area contributed by atoms with Crippen LogP contribution in [0.4, 0.5) is 13.2 Å². The zero-order chi connectivity index (χ0) is 25.7. The van der Waals surface area contributed by atoms with Gasteiger partial charge in [0.25, 0.3) is 0 Å². The van der Waals surface area contributed by atoms with Gasteiger partial charge < -0.3 is 14.6 Å². The molecule has 2 aliphatic heterocycles. The van der Waals surface area contributed by atoms with E-state index in [2.05, 4.69) is 20.1 Å². The Hall–Kier alpha value is -2.13. The van der Waals surface area contributed by atoms with Crippen molar-refractivity contribution >= 4 is 11.5 Å². The number of carbonyl (C=O) groups is 1. The van der Waals surface area contributed by atoms with Crippen molar-refractivity contribution in [1.82, 2.24) is 20.1 Å². The lowest BCUT2D eigenvalue weighted by Gasteiger charge is -2.31. The molecule has 0 atom stereocenters. The topological polar surface area (TPSA) is 61.6 Å². The van der Waals surface area contributed by atoms with E-state index in [1.807, 2.05) is 0 Å². The van der Waals surface area contributed by atoms with Crippen molar-refractivity contribution in [3.8, 4) is 0 Å². The third-order valence-corrected chi connectivity index (χ3v) is 7.71. The first kappa shape index (κ1) is 26.9. The Morgan fingerprint density at radius 2 is 1.83 bits per heavy atom. The van der Waals surface area contributed by atoms with Gasteiger partial charge in [-0.2, -0.15) is 13.2 Å². The van der Waals surface area contributed by atoms with Gasteiger partial charge in [0.2, 0.25) is 11.8 Å². The van der Waals surface area contributed by atoms with Crippen LogP contribution in [0.25, 0.3) is 5.57 Å². The summed E-state index contributed by atoms with van der Waals surface area (Å²) >= 11 is 0. The first-order chi connectivity index (χ1) is 17.2. The highest BCUT2D eigenvalue weighted by Crippen LogP contribution is 2.42. The minimum Gasteiger partial charge on any atom is -0.441 e. The molecule has 1 aromatic heterocycles. The van der Waals surface area contributed by atoms with Gasteiger partial charge in [0.1, 0.15) is 5.76 Å². The third-order valence-electron chi connectivity index (χ3n) is 7.71. The summed E-state index contributed by atoms with van der Waals surface area (Å²) in [6, 6.07) is 0. The van der Waals surface area contributed by atoms with Gasteiger partial charge in [-0.05, 0) is 91.5 Å². The quantitative estimate of drug-likeness (QED) is 0.487. The fourth-order valence-electron chi connectivity index (χ4n) is 5.53. The number of allylic oxidation sites excluding steroid dienone is 4. The van der Waals surface area contributed by atoms with E-state index in [1.165, 1.54) is 38.4 Å². The molecule has 9 heteroatoms. The molecular weight excluding hydrogens is 469 g/mol. The van der Waals surface area contributed by atoms with Crippen molar-refractivity contribution in [1.29, 1.82) is 0 Å². The number of alkyl halides is 3. The summed E-state index contributed by atoms with van der Waals surface area (Å²) in [6.07, 6.45) is 4.17. The Morgan fingerprint density at radius 1 is 1.11 bits per heavy atom. The van der Waals surface area contributed by atoms with E-state index >= 15 is 0 Å². The summed E-state index contributed by atoms with van der Waals surface area (Å²) in [4.78, 5) is 21.8. The van der Waals surface area contributed by atoms with Crippen LogP contribution in [0.3, 0.4) is 0 Å². The fourth-order valence-corrected chi connectivity index (χ4v) is 5.53. The number of piperidine rings is 2. The van der Waals surface area contributed by atoms with Crippen LogP contribution in [0.5, 0.6) is 0 Å². The lowest BCUT2D eigenvalue weighted by Crippen LogP contribution is -2.41. The molecule has 0 unspecified atom stereocenters. The van der Waals surface area contributed by atoms with Crippen LogP contribution < -0.4 is 5.32 Å². The third kappa shape index (κ3) is 6.79. The van der Waals surface area contributed by atoms with Gasteiger partial charge in [-0.1, -0.05) is 18.1 Å². The Balaban J connectivity index is 1.25. The number of aryl methyl sites for hydroxylation is 1. The molecular formula is C27H39F3N4O2. The lowest BCUT2D eigenvalue weighted by molar-refractivity contribution is -0.126. The number of likely N-dealkylation sites (tertiary alicyclic amines) is 2. The van der Waals surface area contributed by atoms with Crippen LogP contribution in [-0.4, -0.2) is 66.1 Å². The molecule has 0 aromatic carbocycles. The van der Waals surface area contributed by atoms with E-state index in [1.54, 1.807) is 13.8 Å². The van der Waals surface area contributed by atoms with Crippen molar-refractivity contribution < 1.29 is 22.4 Å². The molecule has 36 heavy (non-hydrogen) atoms. The fraction of sp³-hybridized carbons (Fsp3) is 0.704. The molecule has 0 spiro atoms. The predicted octanol–water partition coefficient (Wildman–Crippen LogP) is 5.24. The van der Waals surface area contributed by atoms with Crippen LogP contribution in [-0.2, 0) is 11.3 Å². The zero-order valence-corrected chi connectivity index (χ0v) is 21.6. The molecule has 2 saturated heterocycles. The molecule has 1 N–H and O–H groups in total. The highest BCUT2D eigenvalue weighted by Gasteiger charge is 2.40. The summed E-state index contributed by atoms with van der Waals surface area (Å²) in [5, 5.41) is 3.11. The predicted molar refractivity (Wildman–Crippen MR) is 133 cm³/mol. The van der Waals surface area contributed by atoms with E-state index in [0.717, 1.165) is 45.4 Å². The Labute approximate surface area is 212 Å². The second kappa shape index (κ2) is 11.9. The summed E-state index contributed by atoms with van der Waals surface area (Å²) < 4.78 is 46.5. The zero-order valence-electron chi connectivity index (χ0n) is 21.6. The molecule has 1 aromatic rings. The maximum absolute atomic E-state index is 13.6. The Kier molecular flexibility index (Phi) is 8.93. The average Bonchev–Trinajstić information content (AvgIpc) is 3.21. The smallest absolute Gasteiger partial charge is 0.416 e. The van der Waals surface area contributed by atoms with Crippen molar-refractivity contribution in [2.45, 2.75) is 77.9 Å². The monoisotopic (exact) mass is 508 g/mol. The highest BCUT2D eigenvalue weighted by molar-refractivity contribution is 5.79. The van der Waals surface area contributed by atoms with Crippen LogP contribution >= 0.6 is 0 Å². The first-order valence-corrected chi connectivity index (χ1v) is 13.4. The number of carbonyl (C=O) groups excluding carboxylic acids is 1. The first-order valence-electron chi connectivity index (χ1n) is 13.4. The lowest BCUT2D eigenvalue weighted by atomic mass is 9.91. The number of amides is 1. The maximum Gasteiger partial charge on any atom is 0.416 e.